The quantitative estimate of drug-likeness (QED) is 0.662. The van der Waals surface area contributed by atoms with Gasteiger partial charge in [-0.05, 0) is 49.6 Å². The SMILES string of the molecule is Cc1ccc(C(Cl)c2cc(C)c(F)c(C)c2)s1. The van der Waals surface area contributed by atoms with Crippen LogP contribution in [-0.2, 0) is 0 Å². The number of hydrogen-bond donors (Lipinski definition) is 0. The predicted octanol–water partition coefficient (Wildman–Crippen LogP) is 5.14. The molecular weight excluding hydrogens is 255 g/mol. The first-order chi connectivity index (χ1) is 7.99. The summed E-state index contributed by atoms with van der Waals surface area (Å²) in [6, 6.07) is 7.74. The van der Waals surface area contributed by atoms with E-state index in [2.05, 4.69) is 13.0 Å². The molecule has 0 saturated heterocycles. The lowest BCUT2D eigenvalue weighted by atomic mass is 10.0. The molecule has 0 aliphatic rings. The molecule has 0 radical (unpaired) electrons. The molecule has 1 aromatic carbocycles. The molecule has 17 heavy (non-hydrogen) atoms. The summed E-state index contributed by atoms with van der Waals surface area (Å²) in [6.07, 6.45) is 0. The minimum Gasteiger partial charge on any atom is -0.206 e. The molecule has 2 aromatic rings. The Balaban J connectivity index is 2.41. The molecule has 0 nitrogen and oxygen atoms in total. The first-order valence-corrected chi connectivity index (χ1v) is 6.71. The van der Waals surface area contributed by atoms with Gasteiger partial charge in [0.1, 0.15) is 5.82 Å². The van der Waals surface area contributed by atoms with E-state index in [4.69, 9.17) is 11.6 Å². The molecule has 0 spiro atoms. The third-order valence-electron chi connectivity index (χ3n) is 2.76. The molecule has 90 valence electrons. The number of halogens is 2. The van der Waals surface area contributed by atoms with Crippen molar-refractivity contribution in [3.8, 4) is 0 Å². The molecule has 0 fully saturated rings. The summed E-state index contributed by atoms with van der Waals surface area (Å²) >= 11 is 8.11. The Morgan fingerprint density at radius 1 is 1.12 bits per heavy atom. The molecule has 2 rings (SSSR count). The van der Waals surface area contributed by atoms with Crippen LogP contribution >= 0.6 is 22.9 Å². The van der Waals surface area contributed by atoms with Crippen LogP contribution in [0, 0.1) is 26.6 Å². The van der Waals surface area contributed by atoms with Gasteiger partial charge in [-0.1, -0.05) is 12.1 Å². The second kappa shape index (κ2) is 4.79. The van der Waals surface area contributed by atoms with Crippen molar-refractivity contribution in [1.82, 2.24) is 0 Å². The Hall–Kier alpha value is -0.860. The summed E-state index contributed by atoms with van der Waals surface area (Å²) in [4.78, 5) is 2.34. The lowest BCUT2D eigenvalue weighted by Crippen LogP contribution is -1.96. The summed E-state index contributed by atoms with van der Waals surface area (Å²) < 4.78 is 13.5. The molecule has 0 N–H and O–H groups in total. The van der Waals surface area contributed by atoms with E-state index >= 15 is 0 Å². The van der Waals surface area contributed by atoms with Gasteiger partial charge in [-0.15, -0.1) is 22.9 Å². The summed E-state index contributed by atoms with van der Waals surface area (Å²) in [5.41, 5.74) is 2.27. The minimum atomic E-state index is -0.188. The number of hydrogen-bond acceptors (Lipinski definition) is 1. The van der Waals surface area contributed by atoms with Crippen LogP contribution in [0.5, 0.6) is 0 Å². The Morgan fingerprint density at radius 3 is 2.18 bits per heavy atom. The van der Waals surface area contributed by atoms with Crippen LogP contribution in [0.1, 0.15) is 31.8 Å². The van der Waals surface area contributed by atoms with Gasteiger partial charge in [0.2, 0.25) is 0 Å². The highest BCUT2D eigenvalue weighted by molar-refractivity contribution is 7.12. The second-order valence-electron chi connectivity index (χ2n) is 4.28. The molecule has 0 bridgehead atoms. The van der Waals surface area contributed by atoms with Crippen molar-refractivity contribution in [3.63, 3.8) is 0 Å². The van der Waals surface area contributed by atoms with Gasteiger partial charge in [0.15, 0.2) is 0 Å². The highest BCUT2D eigenvalue weighted by Crippen LogP contribution is 2.34. The van der Waals surface area contributed by atoms with Crippen molar-refractivity contribution in [3.05, 3.63) is 56.5 Å². The molecule has 0 aliphatic heterocycles. The molecular formula is C14H14ClFS. The summed E-state index contributed by atoms with van der Waals surface area (Å²) in [7, 11) is 0. The van der Waals surface area contributed by atoms with Gasteiger partial charge in [0, 0.05) is 9.75 Å². The Morgan fingerprint density at radius 2 is 1.71 bits per heavy atom. The van der Waals surface area contributed by atoms with Crippen LogP contribution < -0.4 is 0 Å². The molecule has 0 saturated carbocycles. The molecule has 1 unspecified atom stereocenters. The third kappa shape index (κ3) is 2.53. The van der Waals surface area contributed by atoms with Gasteiger partial charge >= 0.3 is 0 Å². The monoisotopic (exact) mass is 268 g/mol. The van der Waals surface area contributed by atoms with Crippen molar-refractivity contribution >= 4 is 22.9 Å². The zero-order valence-electron chi connectivity index (χ0n) is 10.1. The summed E-state index contributed by atoms with van der Waals surface area (Å²) in [5.74, 6) is -0.139. The van der Waals surface area contributed by atoms with Crippen molar-refractivity contribution in [2.45, 2.75) is 26.1 Å². The fraction of sp³-hybridized carbons (Fsp3) is 0.286. The van der Waals surface area contributed by atoms with Crippen LogP contribution in [0.15, 0.2) is 24.3 Å². The van der Waals surface area contributed by atoms with Crippen molar-refractivity contribution in [1.29, 1.82) is 0 Å². The first kappa shape index (κ1) is 12.6. The van der Waals surface area contributed by atoms with Gasteiger partial charge in [0.05, 0.1) is 5.38 Å². The molecule has 3 heteroatoms. The van der Waals surface area contributed by atoms with Crippen LogP contribution in [0.25, 0.3) is 0 Å². The number of benzene rings is 1. The zero-order valence-corrected chi connectivity index (χ0v) is 11.6. The lowest BCUT2D eigenvalue weighted by molar-refractivity contribution is 0.608. The maximum atomic E-state index is 13.5. The van der Waals surface area contributed by atoms with E-state index in [1.807, 2.05) is 18.2 Å². The average Bonchev–Trinajstić information content (AvgIpc) is 2.71. The van der Waals surface area contributed by atoms with Gasteiger partial charge in [-0.25, -0.2) is 4.39 Å². The number of alkyl halides is 1. The van der Waals surface area contributed by atoms with E-state index in [9.17, 15) is 4.39 Å². The van der Waals surface area contributed by atoms with Crippen molar-refractivity contribution < 1.29 is 4.39 Å². The average molecular weight is 269 g/mol. The first-order valence-electron chi connectivity index (χ1n) is 5.46. The largest absolute Gasteiger partial charge is 0.206 e. The van der Waals surface area contributed by atoms with E-state index in [-0.39, 0.29) is 11.2 Å². The van der Waals surface area contributed by atoms with E-state index in [0.717, 1.165) is 10.4 Å². The highest BCUT2D eigenvalue weighted by Gasteiger charge is 2.15. The molecule has 0 aliphatic carbocycles. The number of aryl methyl sites for hydroxylation is 3. The van der Waals surface area contributed by atoms with Gasteiger partial charge in [-0.3, -0.25) is 0 Å². The molecule has 0 amide bonds. The van der Waals surface area contributed by atoms with Crippen LogP contribution in [0.2, 0.25) is 0 Å². The van der Waals surface area contributed by atoms with Gasteiger partial charge < -0.3 is 0 Å². The minimum absolute atomic E-state index is 0.139. The van der Waals surface area contributed by atoms with Crippen LogP contribution in [-0.4, -0.2) is 0 Å². The fourth-order valence-corrected chi connectivity index (χ4v) is 3.10. The Labute approximate surface area is 110 Å². The topological polar surface area (TPSA) is 0 Å². The lowest BCUT2D eigenvalue weighted by Gasteiger charge is -2.11. The number of thiophene rings is 1. The maximum Gasteiger partial charge on any atom is 0.129 e. The Bertz CT molecular complexity index is 522. The van der Waals surface area contributed by atoms with E-state index in [1.54, 1.807) is 25.2 Å². The zero-order chi connectivity index (χ0) is 12.6. The smallest absolute Gasteiger partial charge is 0.129 e. The van der Waals surface area contributed by atoms with E-state index < -0.39 is 0 Å². The van der Waals surface area contributed by atoms with Gasteiger partial charge in [0.25, 0.3) is 0 Å². The van der Waals surface area contributed by atoms with Crippen LogP contribution in [0.4, 0.5) is 4.39 Å². The maximum absolute atomic E-state index is 13.5. The van der Waals surface area contributed by atoms with E-state index in [1.165, 1.54) is 4.88 Å². The normalized spacial score (nSPS) is 12.8. The van der Waals surface area contributed by atoms with Crippen molar-refractivity contribution in [2.75, 3.05) is 0 Å². The van der Waals surface area contributed by atoms with Crippen LogP contribution in [0.3, 0.4) is 0 Å². The Kier molecular flexibility index (Phi) is 3.55. The standard InChI is InChI=1S/C14H14ClFS/c1-8-6-11(7-9(2)14(8)16)13(15)12-5-4-10(3)17-12/h4-7,13H,1-3H3. The third-order valence-corrected chi connectivity index (χ3v) is 4.44. The summed E-state index contributed by atoms with van der Waals surface area (Å²) in [5, 5.41) is -0.188. The fourth-order valence-electron chi connectivity index (χ4n) is 1.88. The highest BCUT2D eigenvalue weighted by atomic mass is 35.5. The van der Waals surface area contributed by atoms with Gasteiger partial charge in [-0.2, -0.15) is 0 Å². The number of rotatable bonds is 2. The molecule has 1 heterocycles. The molecule has 1 atom stereocenters. The van der Waals surface area contributed by atoms with E-state index in [0.29, 0.717) is 11.1 Å². The molecule has 1 aromatic heterocycles. The second-order valence-corrected chi connectivity index (χ2v) is 6.04. The predicted molar refractivity (Wildman–Crippen MR) is 72.6 cm³/mol. The van der Waals surface area contributed by atoms with Crippen molar-refractivity contribution in [2.24, 2.45) is 0 Å². The summed E-state index contributed by atoms with van der Waals surface area (Å²) in [6.45, 7) is 5.60.